The van der Waals surface area contributed by atoms with Gasteiger partial charge in [0.15, 0.2) is 0 Å². The molecule has 0 aliphatic rings. The van der Waals surface area contributed by atoms with Crippen LogP contribution >= 0.6 is 0 Å². The van der Waals surface area contributed by atoms with E-state index in [0.29, 0.717) is 24.5 Å². The van der Waals surface area contributed by atoms with Gasteiger partial charge in [-0.25, -0.2) is 0 Å². The van der Waals surface area contributed by atoms with E-state index in [1.807, 2.05) is 0 Å². The molecule has 1 aromatic heterocycles. The minimum absolute atomic E-state index is 0.404. The summed E-state index contributed by atoms with van der Waals surface area (Å²) in [5.74, 6) is 1.24. The Morgan fingerprint density at radius 2 is 2.15 bits per heavy atom. The van der Waals surface area contributed by atoms with Crippen LogP contribution in [0.2, 0.25) is 0 Å². The number of unbranched alkanes of at least 4 members (excludes halogenated alkanes) is 1. The number of aromatic nitrogens is 1. The highest BCUT2D eigenvalue weighted by atomic mass is 16.6. The molecule has 0 saturated heterocycles. The topological polar surface area (TPSA) is 47.3 Å². The summed E-state index contributed by atoms with van der Waals surface area (Å²) in [6.45, 7) is 11.2. The molecule has 1 atom stereocenters. The second kappa shape index (κ2) is 9.81. The van der Waals surface area contributed by atoms with Crippen LogP contribution in [0.25, 0.3) is 0 Å². The summed E-state index contributed by atoms with van der Waals surface area (Å²) < 4.78 is 11.0. The summed E-state index contributed by atoms with van der Waals surface area (Å²) in [5.41, 5.74) is 0.905. The molecule has 0 spiro atoms. The summed E-state index contributed by atoms with van der Waals surface area (Å²) in [4.78, 5) is 4.34. The Labute approximate surface area is 123 Å². The molecule has 1 rings (SSSR count). The molecular weight excluding hydrogens is 252 g/mol. The van der Waals surface area contributed by atoms with E-state index in [9.17, 15) is 0 Å². The van der Waals surface area contributed by atoms with Gasteiger partial charge in [-0.1, -0.05) is 47.0 Å². The fourth-order valence-corrected chi connectivity index (χ4v) is 2.01. The van der Waals surface area contributed by atoms with Crippen LogP contribution in [0.3, 0.4) is 0 Å². The third-order valence-electron chi connectivity index (χ3n) is 3.38. The van der Waals surface area contributed by atoms with Gasteiger partial charge >= 0.3 is 6.08 Å². The predicted octanol–water partition coefficient (Wildman–Crippen LogP) is 4.02. The standard InChI is InChI=1S/C16H30N2O2/c1-5-7-8-14(6-2)11-19-16-18-15(12-20-16)10-17-9-13(3)4/h12-14,17H,5-11H2,1-4H3. The summed E-state index contributed by atoms with van der Waals surface area (Å²) in [6, 6.07) is 0. The smallest absolute Gasteiger partial charge is 0.393 e. The van der Waals surface area contributed by atoms with E-state index < -0.39 is 0 Å². The maximum atomic E-state index is 5.66. The molecule has 0 aliphatic carbocycles. The van der Waals surface area contributed by atoms with E-state index in [1.165, 1.54) is 19.3 Å². The molecular formula is C16H30N2O2. The average molecular weight is 282 g/mol. The van der Waals surface area contributed by atoms with Gasteiger partial charge in [-0.05, 0) is 24.8 Å². The number of rotatable bonds is 11. The molecule has 1 unspecified atom stereocenters. The van der Waals surface area contributed by atoms with Crippen molar-refractivity contribution in [2.24, 2.45) is 11.8 Å². The third-order valence-corrected chi connectivity index (χ3v) is 3.38. The quantitative estimate of drug-likeness (QED) is 0.666. The first-order valence-electron chi connectivity index (χ1n) is 7.93. The number of oxazole rings is 1. The highest BCUT2D eigenvalue weighted by Crippen LogP contribution is 2.16. The van der Waals surface area contributed by atoms with Gasteiger partial charge in [0.05, 0.1) is 12.3 Å². The van der Waals surface area contributed by atoms with Gasteiger partial charge in [0.2, 0.25) is 0 Å². The molecule has 0 radical (unpaired) electrons. The number of nitrogens with zero attached hydrogens (tertiary/aromatic N) is 1. The number of ether oxygens (including phenoxy) is 1. The lowest BCUT2D eigenvalue weighted by Crippen LogP contribution is -2.19. The molecule has 0 fully saturated rings. The SMILES string of the molecule is CCCCC(CC)COc1nc(CNCC(C)C)co1. The summed E-state index contributed by atoms with van der Waals surface area (Å²) in [7, 11) is 0. The van der Waals surface area contributed by atoms with Crippen LogP contribution in [0, 0.1) is 11.8 Å². The van der Waals surface area contributed by atoms with E-state index in [4.69, 9.17) is 9.15 Å². The summed E-state index contributed by atoms with van der Waals surface area (Å²) in [5, 5.41) is 3.34. The maximum Gasteiger partial charge on any atom is 0.393 e. The van der Waals surface area contributed by atoms with Crippen LogP contribution in [-0.4, -0.2) is 18.1 Å². The molecule has 20 heavy (non-hydrogen) atoms. The van der Waals surface area contributed by atoms with Crippen molar-refractivity contribution >= 4 is 0 Å². The zero-order valence-electron chi connectivity index (χ0n) is 13.4. The Morgan fingerprint density at radius 1 is 1.35 bits per heavy atom. The van der Waals surface area contributed by atoms with Gasteiger partial charge in [0.1, 0.15) is 6.26 Å². The molecule has 1 N–H and O–H groups in total. The lowest BCUT2D eigenvalue weighted by Gasteiger charge is -2.13. The van der Waals surface area contributed by atoms with Crippen molar-refractivity contribution in [3.8, 4) is 6.08 Å². The van der Waals surface area contributed by atoms with Crippen molar-refractivity contribution in [1.82, 2.24) is 10.3 Å². The largest absolute Gasteiger partial charge is 0.450 e. The van der Waals surface area contributed by atoms with Gasteiger partial charge in [-0.15, -0.1) is 0 Å². The van der Waals surface area contributed by atoms with Crippen LogP contribution in [0.5, 0.6) is 6.08 Å². The molecule has 1 heterocycles. The van der Waals surface area contributed by atoms with E-state index in [0.717, 1.165) is 25.2 Å². The van der Waals surface area contributed by atoms with Crippen molar-refractivity contribution in [1.29, 1.82) is 0 Å². The van der Waals surface area contributed by atoms with E-state index in [1.54, 1.807) is 6.26 Å². The zero-order valence-corrected chi connectivity index (χ0v) is 13.4. The Hall–Kier alpha value is -1.03. The minimum atomic E-state index is 0.404. The van der Waals surface area contributed by atoms with E-state index >= 15 is 0 Å². The maximum absolute atomic E-state index is 5.66. The van der Waals surface area contributed by atoms with Gasteiger partial charge in [-0.2, -0.15) is 4.98 Å². The van der Waals surface area contributed by atoms with Gasteiger partial charge in [0, 0.05) is 6.54 Å². The molecule has 0 amide bonds. The van der Waals surface area contributed by atoms with Crippen molar-refractivity contribution < 1.29 is 9.15 Å². The summed E-state index contributed by atoms with van der Waals surface area (Å²) >= 11 is 0. The lowest BCUT2D eigenvalue weighted by molar-refractivity contribution is 0.179. The molecule has 0 aromatic carbocycles. The first kappa shape index (κ1) is 17.0. The van der Waals surface area contributed by atoms with Gasteiger partial charge in [-0.3, -0.25) is 0 Å². The van der Waals surface area contributed by atoms with Crippen LogP contribution in [0.15, 0.2) is 10.7 Å². The predicted molar refractivity (Wildman–Crippen MR) is 81.8 cm³/mol. The molecule has 0 bridgehead atoms. The Bertz CT molecular complexity index is 350. The molecule has 4 nitrogen and oxygen atoms in total. The Kier molecular flexibility index (Phi) is 8.35. The highest BCUT2D eigenvalue weighted by Gasteiger charge is 2.10. The van der Waals surface area contributed by atoms with Crippen LogP contribution in [0.1, 0.15) is 59.1 Å². The van der Waals surface area contributed by atoms with Gasteiger partial charge in [0.25, 0.3) is 0 Å². The van der Waals surface area contributed by atoms with E-state index in [-0.39, 0.29) is 0 Å². The first-order valence-corrected chi connectivity index (χ1v) is 7.93. The fraction of sp³-hybridized carbons (Fsp3) is 0.812. The third kappa shape index (κ3) is 6.94. The van der Waals surface area contributed by atoms with Crippen molar-refractivity contribution in [2.45, 2.75) is 59.9 Å². The molecule has 0 aliphatic heterocycles. The highest BCUT2D eigenvalue weighted by molar-refractivity contribution is 4.99. The summed E-state index contributed by atoms with van der Waals surface area (Å²) in [6.07, 6.45) is 6.94. The van der Waals surface area contributed by atoms with Gasteiger partial charge < -0.3 is 14.5 Å². The molecule has 0 saturated carbocycles. The average Bonchev–Trinajstić information content (AvgIpc) is 2.86. The minimum Gasteiger partial charge on any atom is -0.450 e. The zero-order chi connectivity index (χ0) is 14.8. The molecule has 1 aromatic rings. The van der Waals surface area contributed by atoms with Crippen LogP contribution < -0.4 is 10.1 Å². The lowest BCUT2D eigenvalue weighted by atomic mass is 10.0. The normalized spacial score (nSPS) is 12.8. The fourth-order valence-electron chi connectivity index (χ4n) is 2.01. The second-order valence-corrected chi connectivity index (χ2v) is 5.86. The first-order chi connectivity index (χ1) is 9.65. The Morgan fingerprint density at radius 3 is 2.80 bits per heavy atom. The number of nitrogens with one attached hydrogen (secondary N) is 1. The Balaban J connectivity index is 2.28. The van der Waals surface area contributed by atoms with Crippen molar-refractivity contribution in [2.75, 3.05) is 13.2 Å². The number of hydrogen-bond donors (Lipinski definition) is 1. The van der Waals surface area contributed by atoms with E-state index in [2.05, 4.69) is 38.0 Å². The molecule has 4 heteroatoms. The van der Waals surface area contributed by atoms with Crippen molar-refractivity contribution in [3.63, 3.8) is 0 Å². The van der Waals surface area contributed by atoms with Crippen LogP contribution in [-0.2, 0) is 6.54 Å². The second-order valence-electron chi connectivity index (χ2n) is 5.86. The molecule has 116 valence electrons. The number of hydrogen-bond acceptors (Lipinski definition) is 4. The van der Waals surface area contributed by atoms with Crippen LogP contribution in [0.4, 0.5) is 0 Å². The monoisotopic (exact) mass is 282 g/mol. The van der Waals surface area contributed by atoms with Crippen molar-refractivity contribution in [3.05, 3.63) is 12.0 Å².